The van der Waals surface area contributed by atoms with E-state index in [1.165, 1.54) is 96.8 Å². The van der Waals surface area contributed by atoms with Gasteiger partial charge in [-0.3, -0.25) is 4.79 Å². The van der Waals surface area contributed by atoms with Crippen LogP contribution in [-0.2, 0) is 9.63 Å². The van der Waals surface area contributed by atoms with Gasteiger partial charge < -0.3 is 4.84 Å². The number of hydrogen-bond donors (Lipinski definition) is 0. The van der Waals surface area contributed by atoms with Crippen LogP contribution in [0.1, 0.15) is 110 Å². The molecule has 3 nitrogen and oxygen atoms in total. The Labute approximate surface area is 145 Å². The predicted molar refractivity (Wildman–Crippen MR) is 99.3 cm³/mol. The third-order valence-corrected chi connectivity index (χ3v) is 4.36. The maximum absolute atomic E-state index is 10.8. The van der Waals surface area contributed by atoms with E-state index in [4.69, 9.17) is 4.84 Å². The molecule has 138 valence electrons. The molecule has 0 unspecified atom stereocenters. The molecule has 0 saturated heterocycles. The van der Waals surface area contributed by atoms with E-state index in [9.17, 15) is 4.79 Å². The first-order valence-electron chi connectivity index (χ1n) is 10.1. The first kappa shape index (κ1) is 22.4. The zero-order valence-corrected chi connectivity index (χ0v) is 16.1. The second kappa shape index (κ2) is 17.8. The molecule has 0 saturated carbocycles. The Morgan fingerprint density at radius 3 is 1.39 bits per heavy atom. The second-order valence-corrected chi connectivity index (χ2v) is 6.88. The molecule has 0 atom stereocenters. The molecule has 0 bridgehead atoms. The number of nitrogens with zero attached hydrogens (tertiary/aromatic N) is 1. The fraction of sp³-hybridized carbons (Fsp3) is 0.950. The van der Waals surface area contributed by atoms with Gasteiger partial charge in [0.1, 0.15) is 0 Å². The third-order valence-electron chi connectivity index (χ3n) is 4.36. The van der Waals surface area contributed by atoms with Gasteiger partial charge in [-0.1, -0.05) is 96.8 Å². The molecule has 0 N–H and O–H groups in total. The fourth-order valence-electron chi connectivity index (χ4n) is 2.97. The highest BCUT2D eigenvalue weighted by atomic mass is 16.7. The first-order chi connectivity index (χ1) is 11.2. The average molecular weight is 328 g/mol. The SMILES string of the molecule is CCCCCCCCCCCCCCCCCN(C)OC(C)=O. The summed E-state index contributed by atoms with van der Waals surface area (Å²) in [5.41, 5.74) is 0. The van der Waals surface area contributed by atoms with Crippen molar-refractivity contribution in [3.63, 3.8) is 0 Å². The first-order valence-corrected chi connectivity index (χ1v) is 10.1. The molecule has 0 aliphatic rings. The molecule has 0 spiro atoms. The van der Waals surface area contributed by atoms with Crippen molar-refractivity contribution in [3.8, 4) is 0 Å². The molecule has 0 aromatic carbocycles. The zero-order valence-electron chi connectivity index (χ0n) is 16.1. The van der Waals surface area contributed by atoms with Gasteiger partial charge in [-0.15, -0.1) is 5.06 Å². The van der Waals surface area contributed by atoms with Crippen LogP contribution < -0.4 is 0 Å². The molecule has 0 fully saturated rings. The summed E-state index contributed by atoms with van der Waals surface area (Å²) in [6.45, 7) is 4.57. The predicted octanol–water partition coefficient (Wildman–Crippen LogP) is 6.27. The van der Waals surface area contributed by atoms with Gasteiger partial charge in [-0.05, 0) is 6.42 Å². The smallest absolute Gasteiger partial charge is 0.322 e. The van der Waals surface area contributed by atoms with Gasteiger partial charge in [-0.2, -0.15) is 0 Å². The lowest BCUT2D eigenvalue weighted by atomic mass is 10.0. The number of carbonyl (C=O) groups is 1. The molecule has 3 heteroatoms. The van der Waals surface area contributed by atoms with Crippen LogP contribution in [-0.4, -0.2) is 24.6 Å². The van der Waals surface area contributed by atoms with Crippen LogP contribution in [0.4, 0.5) is 0 Å². The monoisotopic (exact) mass is 327 g/mol. The highest BCUT2D eigenvalue weighted by molar-refractivity contribution is 5.65. The fourth-order valence-corrected chi connectivity index (χ4v) is 2.97. The van der Waals surface area contributed by atoms with Crippen molar-refractivity contribution in [2.75, 3.05) is 13.6 Å². The Hall–Kier alpha value is -0.570. The van der Waals surface area contributed by atoms with Gasteiger partial charge in [0.2, 0.25) is 0 Å². The van der Waals surface area contributed by atoms with Crippen molar-refractivity contribution < 1.29 is 9.63 Å². The van der Waals surface area contributed by atoms with Crippen molar-refractivity contribution in [2.45, 2.75) is 110 Å². The molecule has 0 aromatic heterocycles. The van der Waals surface area contributed by atoms with E-state index < -0.39 is 0 Å². The maximum atomic E-state index is 10.8. The molecule has 0 radical (unpaired) electrons. The van der Waals surface area contributed by atoms with Crippen molar-refractivity contribution in [3.05, 3.63) is 0 Å². The van der Waals surface area contributed by atoms with Gasteiger partial charge in [0.25, 0.3) is 0 Å². The van der Waals surface area contributed by atoms with E-state index >= 15 is 0 Å². The highest BCUT2D eigenvalue weighted by Gasteiger charge is 2.01. The number of carbonyl (C=O) groups excluding carboxylic acids is 1. The van der Waals surface area contributed by atoms with Crippen LogP contribution >= 0.6 is 0 Å². The second-order valence-electron chi connectivity index (χ2n) is 6.88. The van der Waals surface area contributed by atoms with Crippen molar-refractivity contribution in [1.82, 2.24) is 5.06 Å². The molecule has 0 aliphatic heterocycles. The standard InChI is InChI=1S/C20H41NO2/c1-4-5-6-7-8-9-10-11-12-13-14-15-16-17-18-19-21(3)23-20(2)22/h4-19H2,1-3H3. The minimum absolute atomic E-state index is 0.228. The minimum Gasteiger partial charge on any atom is -0.369 e. The molecule has 23 heavy (non-hydrogen) atoms. The quantitative estimate of drug-likeness (QED) is 0.233. The van der Waals surface area contributed by atoms with Crippen LogP contribution in [0.3, 0.4) is 0 Å². The topological polar surface area (TPSA) is 29.5 Å². The van der Waals surface area contributed by atoms with Crippen LogP contribution in [0, 0.1) is 0 Å². The lowest BCUT2D eigenvalue weighted by Gasteiger charge is -2.14. The molecule has 0 aliphatic carbocycles. The summed E-state index contributed by atoms with van der Waals surface area (Å²) in [6, 6.07) is 0. The summed E-state index contributed by atoms with van der Waals surface area (Å²) >= 11 is 0. The summed E-state index contributed by atoms with van der Waals surface area (Å²) in [5, 5.41) is 1.64. The minimum atomic E-state index is -0.228. The molecular weight excluding hydrogens is 286 g/mol. The van der Waals surface area contributed by atoms with Gasteiger partial charge in [0, 0.05) is 20.5 Å². The summed E-state index contributed by atoms with van der Waals surface area (Å²) < 4.78 is 0. The summed E-state index contributed by atoms with van der Waals surface area (Å²) in [5.74, 6) is -0.228. The van der Waals surface area contributed by atoms with Crippen LogP contribution in [0.25, 0.3) is 0 Å². The Balaban J connectivity index is 3.06. The molecule has 0 heterocycles. The van der Waals surface area contributed by atoms with Crippen molar-refractivity contribution in [1.29, 1.82) is 0 Å². The number of rotatable bonds is 17. The van der Waals surface area contributed by atoms with Crippen LogP contribution in [0.2, 0.25) is 0 Å². The molecule has 0 aromatic rings. The maximum Gasteiger partial charge on any atom is 0.322 e. The summed E-state index contributed by atoms with van der Waals surface area (Å²) in [6.07, 6.45) is 20.6. The Morgan fingerprint density at radius 2 is 1.04 bits per heavy atom. The zero-order chi connectivity index (χ0) is 17.2. The van der Waals surface area contributed by atoms with E-state index in [-0.39, 0.29) is 5.97 Å². The highest BCUT2D eigenvalue weighted by Crippen LogP contribution is 2.13. The van der Waals surface area contributed by atoms with E-state index in [2.05, 4.69) is 6.92 Å². The number of unbranched alkanes of at least 4 members (excludes halogenated alkanes) is 14. The number of hydroxylamine groups is 2. The summed E-state index contributed by atoms with van der Waals surface area (Å²) in [4.78, 5) is 15.7. The molecule has 0 rings (SSSR count). The number of hydrogen-bond acceptors (Lipinski definition) is 3. The van der Waals surface area contributed by atoms with Crippen LogP contribution in [0.15, 0.2) is 0 Å². The van der Waals surface area contributed by atoms with Crippen molar-refractivity contribution >= 4 is 5.97 Å². The lowest BCUT2D eigenvalue weighted by Crippen LogP contribution is -2.22. The van der Waals surface area contributed by atoms with E-state index in [0.717, 1.165) is 13.0 Å². The van der Waals surface area contributed by atoms with Gasteiger partial charge in [0.15, 0.2) is 0 Å². The van der Waals surface area contributed by atoms with E-state index in [1.54, 1.807) is 5.06 Å². The molecular formula is C20H41NO2. The Kier molecular flexibility index (Phi) is 17.3. The lowest BCUT2D eigenvalue weighted by molar-refractivity contribution is -0.181. The molecule has 0 amide bonds. The van der Waals surface area contributed by atoms with E-state index in [1.807, 2.05) is 7.05 Å². The van der Waals surface area contributed by atoms with Gasteiger partial charge in [0.05, 0.1) is 0 Å². The van der Waals surface area contributed by atoms with E-state index in [0.29, 0.717) is 0 Å². The van der Waals surface area contributed by atoms with Gasteiger partial charge in [-0.25, -0.2) is 0 Å². The Bertz CT molecular complexity index is 256. The third kappa shape index (κ3) is 19.4. The Morgan fingerprint density at radius 1 is 0.696 bits per heavy atom. The average Bonchev–Trinajstić information content (AvgIpc) is 2.50. The van der Waals surface area contributed by atoms with Gasteiger partial charge >= 0.3 is 5.97 Å². The van der Waals surface area contributed by atoms with Crippen molar-refractivity contribution in [2.24, 2.45) is 0 Å². The largest absolute Gasteiger partial charge is 0.369 e. The van der Waals surface area contributed by atoms with Crippen LogP contribution in [0.5, 0.6) is 0 Å². The summed E-state index contributed by atoms with van der Waals surface area (Å²) in [7, 11) is 1.82. The normalized spacial score (nSPS) is 11.1.